The van der Waals surface area contributed by atoms with Gasteiger partial charge in [-0.25, -0.2) is 0 Å². The van der Waals surface area contributed by atoms with Crippen LogP contribution in [-0.4, -0.2) is 62.1 Å². The van der Waals surface area contributed by atoms with Gasteiger partial charge in [-0.3, -0.25) is 4.72 Å². The van der Waals surface area contributed by atoms with Crippen LogP contribution in [0.5, 0.6) is 0 Å². The average molecular weight is 415 g/mol. The van der Waals surface area contributed by atoms with E-state index in [9.17, 15) is 9.59 Å². The van der Waals surface area contributed by atoms with Crippen molar-refractivity contribution in [3.63, 3.8) is 0 Å². The molecular weight excluding hydrogens is 372 g/mol. The van der Waals surface area contributed by atoms with Crippen molar-refractivity contribution >= 4 is 24.5 Å². The van der Waals surface area contributed by atoms with Crippen LogP contribution in [0.25, 0.3) is 0 Å². The van der Waals surface area contributed by atoms with E-state index in [-0.39, 0.29) is 0 Å². The summed E-state index contributed by atoms with van der Waals surface area (Å²) < 4.78 is 8.69. The van der Waals surface area contributed by atoms with Crippen LogP contribution in [0.2, 0.25) is 0 Å². The minimum Gasteiger partial charge on any atom is -0.379 e. The van der Waals surface area contributed by atoms with Crippen LogP contribution in [0.3, 0.4) is 0 Å². The summed E-state index contributed by atoms with van der Waals surface area (Å²) >= 11 is 1.83. The maximum absolute atomic E-state index is 10.4. The van der Waals surface area contributed by atoms with Gasteiger partial charge in [-0.2, -0.15) is 0 Å². The molecule has 0 saturated carbocycles. The van der Waals surface area contributed by atoms with Crippen molar-refractivity contribution in [2.45, 2.75) is 88.7 Å². The molecule has 5 nitrogen and oxygen atoms in total. The minimum absolute atomic E-state index is 0.648. The van der Waals surface area contributed by atoms with Gasteiger partial charge in [0.15, 0.2) is 0 Å². The Hall–Kier alpha value is -0.430. The first-order chi connectivity index (χ1) is 13.9. The van der Waals surface area contributed by atoms with E-state index in [1.54, 1.807) is 0 Å². The van der Waals surface area contributed by atoms with Crippen molar-refractivity contribution < 1.29 is 14.3 Å². The summed E-state index contributed by atoms with van der Waals surface area (Å²) in [4.78, 5) is 23.3. The van der Waals surface area contributed by atoms with E-state index in [2.05, 4.69) is 9.62 Å². The van der Waals surface area contributed by atoms with Crippen molar-refractivity contribution in [1.29, 1.82) is 0 Å². The number of nitrogens with zero attached hydrogens (tertiary/aromatic N) is 1. The number of nitrogens with one attached hydrogen (secondary N) is 1. The molecule has 1 rings (SSSR count). The van der Waals surface area contributed by atoms with Crippen molar-refractivity contribution in [2.24, 2.45) is 0 Å². The van der Waals surface area contributed by atoms with Crippen molar-refractivity contribution in [1.82, 2.24) is 9.62 Å². The number of hydrogen-bond acceptors (Lipinski definition) is 6. The van der Waals surface area contributed by atoms with Gasteiger partial charge in [0, 0.05) is 19.4 Å². The molecule has 28 heavy (non-hydrogen) atoms. The summed E-state index contributed by atoms with van der Waals surface area (Å²) in [6.07, 6.45) is 16.7. The van der Waals surface area contributed by atoms with Gasteiger partial charge in [0.1, 0.15) is 12.6 Å². The molecule has 0 spiro atoms. The van der Waals surface area contributed by atoms with Crippen LogP contribution in [0.15, 0.2) is 0 Å². The van der Waals surface area contributed by atoms with E-state index >= 15 is 0 Å². The molecule has 1 aliphatic rings. The van der Waals surface area contributed by atoms with Crippen LogP contribution >= 0.6 is 11.9 Å². The molecule has 0 amide bonds. The zero-order chi connectivity index (χ0) is 20.1. The predicted octanol–water partition coefficient (Wildman–Crippen LogP) is 4.39. The molecule has 1 fully saturated rings. The quantitative estimate of drug-likeness (QED) is 0.161. The lowest BCUT2D eigenvalue weighted by Crippen LogP contribution is -2.34. The first kappa shape index (κ1) is 25.6. The van der Waals surface area contributed by atoms with Crippen LogP contribution in [-0.2, 0) is 14.3 Å². The van der Waals surface area contributed by atoms with Crippen molar-refractivity contribution in [3.05, 3.63) is 0 Å². The summed E-state index contributed by atoms with van der Waals surface area (Å²) in [5.74, 6) is 0. The molecule has 0 unspecified atom stereocenters. The van der Waals surface area contributed by atoms with Crippen molar-refractivity contribution in [3.8, 4) is 0 Å². The standard InChI is InChI=1S/C22H42N2O3S/c25-18-11-7-3-1-5-9-15-24(16-10-6-2-4-8-12-19-26)17-13-14-23-28-22-20-27-21-22/h18-19,22-23H,1-17,20-21H2. The Kier molecular flexibility index (Phi) is 18.2. The van der Waals surface area contributed by atoms with Gasteiger partial charge >= 0.3 is 0 Å². The molecule has 0 bridgehead atoms. The van der Waals surface area contributed by atoms with Crippen LogP contribution < -0.4 is 4.72 Å². The summed E-state index contributed by atoms with van der Waals surface area (Å²) in [6, 6.07) is 0. The van der Waals surface area contributed by atoms with E-state index in [0.717, 1.165) is 58.0 Å². The third-order valence-corrected chi connectivity index (χ3v) is 6.18. The number of ether oxygens (including phenoxy) is 1. The topological polar surface area (TPSA) is 58.6 Å². The molecule has 164 valence electrons. The van der Waals surface area contributed by atoms with E-state index in [1.165, 1.54) is 77.4 Å². The fourth-order valence-corrected chi connectivity index (χ4v) is 4.18. The number of carbonyl (C=O) groups excluding carboxylic acids is 2. The normalized spacial score (nSPS) is 14.3. The van der Waals surface area contributed by atoms with E-state index in [0.29, 0.717) is 5.25 Å². The zero-order valence-corrected chi connectivity index (χ0v) is 18.6. The molecule has 1 saturated heterocycles. The maximum atomic E-state index is 10.4. The molecular formula is C22H42N2O3S. The molecule has 0 aliphatic carbocycles. The number of hydrogen-bond donors (Lipinski definition) is 1. The first-order valence-electron chi connectivity index (χ1n) is 11.4. The summed E-state index contributed by atoms with van der Waals surface area (Å²) in [5, 5.41) is 0.648. The highest BCUT2D eigenvalue weighted by Crippen LogP contribution is 2.15. The van der Waals surface area contributed by atoms with E-state index in [1.807, 2.05) is 11.9 Å². The van der Waals surface area contributed by atoms with Crippen LogP contribution in [0, 0.1) is 0 Å². The first-order valence-corrected chi connectivity index (χ1v) is 12.3. The Bertz CT molecular complexity index is 346. The van der Waals surface area contributed by atoms with Gasteiger partial charge in [0.25, 0.3) is 0 Å². The second kappa shape index (κ2) is 19.9. The molecule has 1 N–H and O–H groups in total. The second-order valence-electron chi connectivity index (χ2n) is 7.81. The Morgan fingerprint density at radius 1 is 0.750 bits per heavy atom. The molecule has 0 radical (unpaired) electrons. The Morgan fingerprint density at radius 3 is 1.75 bits per heavy atom. The number of aldehydes is 2. The van der Waals surface area contributed by atoms with Gasteiger partial charge in [-0.15, -0.1) is 0 Å². The lowest BCUT2D eigenvalue weighted by Gasteiger charge is -2.26. The second-order valence-corrected chi connectivity index (χ2v) is 9.00. The van der Waals surface area contributed by atoms with Gasteiger partial charge in [-0.1, -0.05) is 50.5 Å². The maximum Gasteiger partial charge on any atom is 0.119 e. The molecule has 0 aromatic carbocycles. The summed E-state index contributed by atoms with van der Waals surface area (Å²) in [5.41, 5.74) is 0. The van der Waals surface area contributed by atoms with Gasteiger partial charge in [-0.05, 0) is 51.7 Å². The molecule has 0 atom stereocenters. The predicted molar refractivity (Wildman–Crippen MR) is 119 cm³/mol. The fourth-order valence-electron chi connectivity index (χ4n) is 3.36. The smallest absolute Gasteiger partial charge is 0.119 e. The zero-order valence-electron chi connectivity index (χ0n) is 17.7. The highest BCUT2D eigenvalue weighted by atomic mass is 32.2. The molecule has 6 heteroatoms. The molecule has 0 aromatic heterocycles. The minimum atomic E-state index is 0.648. The van der Waals surface area contributed by atoms with E-state index < -0.39 is 0 Å². The summed E-state index contributed by atoms with van der Waals surface area (Å²) in [7, 11) is 0. The average Bonchev–Trinajstić information content (AvgIpc) is 2.67. The highest BCUT2D eigenvalue weighted by molar-refractivity contribution is 7.98. The highest BCUT2D eigenvalue weighted by Gasteiger charge is 2.18. The van der Waals surface area contributed by atoms with Gasteiger partial charge in [0.2, 0.25) is 0 Å². The monoisotopic (exact) mass is 414 g/mol. The Labute approximate surface area is 176 Å². The van der Waals surface area contributed by atoms with Crippen LogP contribution in [0.1, 0.15) is 83.5 Å². The number of carbonyl (C=O) groups is 2. The molecule has 0 aromatic rings. The third-order valence-electron chi connectivity index (χ3n) is 5.20. The van der Waals surface area contributed by atoms with Gasteiger partial charge in [0.05, 0.1) is 18.5 Å². The lowest BCUT2D eigenvalue weighted by molar-refractivity contribution is -0.108. The number of unbranched alkanes of at least 4 members (excludes halogenated alkanes) is 10. The lowest BCUT2D eigenvalue weighted by atomic mass is 10.1. The SMILES string of the molecule is O=CCCCCCCCN(CCCCCCCC=O)CCCNSC1COC1. The number of rotatable bonds is 22. The fraction of sp³-hybridized carbons (Fsp3) is 0.909. The Morgan fingerprint density at radius 2 is 1.25 bits per heavy atom. The third kappa shape index (κ3) is 15.5. The van der Waals surface area contributed by atoms with Gasteiger partial charge < -0.3 is 19.2 Å². The van der Waals surface area contributed by atoms with Crippen molar-refractivity contribution in [2.75, 3.05) is 39.4 Å². The molecule has 1 heterocycles. The summed E-state index contributed by atoms with van der Waals surface area (Å²) in [6.45, 7) is 6.41. The van der Waals surface area contributed by atoms with E-state index in [4.69, 9.17) is 4.74 Å². The molecule has 1 aliphatic heterocycles. The Balaban J connectivity index is 2.07. The van der Waals surface area contributed by atoms with Crippen LogP contribution in [0.4, 0.5) is 0 Å². The largest absolute Gasteiger partial charge is 0.379 e.